The van der Waals surface area contributed by atoms with Crippen LogP contribution in [0.1, 0.15) is 12.5 Å². The fourth-order valence-electron chi connectivity index (χ4n) is 1.18. The lowest BCUT2D eigenvalue weighted by Gasteiger charge is -2.12. The normalized spacial score (nSPS) is 10.7. The number of benzene rings is 1. The minimum atomic E-state index is 1.03. The summed E-state index contributed by atoms with van der Waals surface area (Å²) in [6, 6.07) is 8.66. The van der Waals surface area contributed by atoms with E-state index in [0.717, 1.165) is 6.42 Å². The van der Waals surface area contributed by atoms with Crippen LogP contribution in [-0.4, -0.2) is 14.1 Å². The summed E-state index contributed by atoms with van der Waals surface area (Å²) in [6.07, 6.45) is 5.29. The molecule has 70 valence electrons. The minimum Gasteiger partial charge on any atom is -0.378 e. The molecule has 0 fully saturated rings. The van der Waals surface area contributed by atoms with Crippen LogP contribution in [0.5, 0.6) is 0 Å². The zero-order chi connectivity index (χ0) is 9.68. The van der Waals surface area contributed by atoms with E-state index in [4.69, 9.17) is 0 Å². The molecule has 0 aliphatic heterocycles. The van der Waals surface area contributed by atoms with Crippen molar-refractivity contribution in [1.82, 2.24) is 0 Å². The van der Waals surface area contributed by atoms with Crippen LogP contribution in [0.15, 0.2) is 36.4 Å². The lowest BCUT2D eigenvalue weighted by Crippen LogP contribution is -2.08. The number of hydrogen-bond donors (Lipinski definition) is 0. The Labute approximate surface area is 80.7 Å². The molecule has 13 heavy (non-hydrogen) atoms. The molecule has 0 atom stereocenters. The van der Waals surface area contributed by atoms with E-state index in [2.05, 4.69) is 55.4 Å². The molecule has 0 unspecified atom stereocenters. The van der Waals surface area contributed by atoms with Crippen LogP contribution in [0, 0.1) is 0 Å². The van der Waals surface area contributed by atoms with E-state index in [9.17, 15) is 0 Å². The van der Waals surface area contributed by atoms with Gasteiger partial charge in [-0.3, -0.25) is 0 Å². The van der Waals surface area contributed by atoms with E-state index < -0.39 is 0 Å². The minimum absolute atomic E-state index is 1.03. The Kier molecular flexibility index (Phi) is 3.56. The Balaban J connectivity index is 2.69. The van der Waals surface area contributed by atoms with Crippen molar-refractivity contribution in [3.05, 3.63) is 42.0 Å². The first-order valence-electron chi connectivity index (χ1n) is 4.61. The molecule has 0 aliphatic rings. The summed E-state index contributed by atoms with van der Waals surface area (Å²) in [5.74, 6) is 0. The largest absolute Gasteiger partial charge is 0.378 e. The number of hydrogen-bond acceptors (Lipinski definition) is 1. The second-order valence-electron chi connectivity index (χ2n) is 3.33. The van der Waals surface area contributed by atoms with E-state index in [1.165, 1.54) is 11.3 Å². The highest BCUT2D eigenvalue weighted by Gasteiger charge is 1.93. The van der Waals surface area contributed by atoms with Crippen molar-refractivity contribution in [2.24, 2.45) is 0 Å². The first kappa shape index (κ1) is 9.85. The standard InChI is InChI=1S/C12H17N/c1-4-5-6-11-7-9-12(10-8-11)13(2)3/h4-5,7-10H,6H2,1-3H3. The van der Waals surface area contributed by atoms with E-state index in [1.807, 2.05) is 6.92 Å². The van der Waals surface area contributed by atoms with Crippen LogP contribution >= 0.6 is 0 Å². The van der Waals surface area contributed by atoms with E-state index >= 15 is 0 Å². The molecular formula is C12H17N. The molecule has 0 saturated heterocycles. The Morgan fingerprint density at radius 1 is 1.15 bits per heavy atom. The molecule has 0 spiro atoms. The Bertz CT molecular complexity index is 270. The predicted octanol–water partition coefficient (Wildman–Crippen LogP) is 2.87. The highest BCUT2D eigenvalue weighted by molar-refractivity contribution is 5.46. The SMILES string of the molecule is CC=CCc1ccc(N(C)C)cc1. The lowest BCUT2D eigenvalue weighted by molar-refractivity contribution is 1.12. The van der Waals surface area contributed by atoms with Gasteiger partial charge in [-0.05, 0) is 31.0 Å². The number of anilines is 1. The van der Waals surface area contributed by atoms with Crippen molar-refractivity contribution in [3.63, 3.8) is 0 Å². The Morgan fingerprint density at radius 2 is 1.77 bits per heavy atom. The Hall–Kier alpha value is -1.24. The van der Waals surface area contributed by atoms with Crippen LogP contribution in [0.25, 0.3) is 0 Å². The van der Waals surface area contributed by atoms with Crippen LogP contribution in [0.3, 0.4) is 0 Å². The highest BCUT2D eigenvalue weighted by Crippen LogP contribution is 2.12. The zero-order valence-corrected chi connectivity index (χ0v) is 8.62. The maximum absolute atomic E-state index is 2.18. The molecule has 0 heterocycles. The second-order valence-corrected chi connectivity index (χ2v) is 3.33. The van der Waals surface area contributed by atoms with E-state index in [0.29, 0.717) is 0 Å². The van der Waals surface area contributed by atoms with Crippen molar-refractivity contribution >= 4 is 5.69 Å². The summed E-state index contributed by atoms with van der Waals surface area (Å²) in [5, 5.41) is 0. The molecule has 1 heteroatoms. The highest BCUT2D eigenvalue weighted by atomic mass is 15.1. The molecule has 1 nitrogen and oxygen atoms in total. The zero-order valence-electron chi connectivity index (χ0n) is 8.62. The van der Waals surface area contributed by atoms with Gasteiger partial charge in [0.25, 0.3) is 0 Å². The van der Waals surface area contributed by atoms with Gasteiger partial charge in [-0.1, -0.05) is 24.3 Å². The average molecular weight is 175 g/mol. The van der Waals surface area contributed by atoms with Crippen molar-refractivity contribution in [2.45, 2.75) is 13.3 Å². The number of allylic oxidation sites excluding steroid dienone is 2. The van der Waals surface area contributed by atoms with Crippen LogP contribution < -0.4 is 4.90 Å². The van der Waals surface area contributed by atoms with Gasteiger partial charge in [0.1, 0.15) is 0 Å². The molecule has 0 saturated carbocycles. The van der Waals surface area contributed by atoms with Crippen molar-refractivity contribution < 1.29 is 0 Å². The topological polar surface area (TPSA) is 3.24 Å². The smallest absolute Gasteiger partial charge is 0.0361 e. The van der Waals surface area contributed by atoms with Crippen LogP contribution in [-0.2, 0) is 6.42 Å². The quantitative estimate of drug-likeness (QED) is 0.638. The molecule has 0 amide bonds. The van der Waals surface area contributed by atoms with E-state index in [-0.39, 0.29) is 0 Å². The van der Waals surface area contributed by atoms with Gasteiger partial charge in [0.05, 0.1) is 0 Å². The first-order valence-corrected chi connectivity index (χ1v) is 4.61. The van der Waals surface area contributed by atoms with Crippen molar-refractivity contribution in [2.75, 3.05) is 19.0 Å². The number of nitrogens with zero attached hydrogens (tertiary/aromatic N) is 1. The third kappa shape index (κ3) is 2.94. The number of rotatable bonds is 3. The van der Waals surface area contributed by atoms with Gasteiger partial charge in [-0.2, -0.15) is 0 Å². The molecule has 0 aromatic heterocycles. The van der Waals surface area contributed by atoms with Gasteiger partial charge in [0, 0.05) is 19.8 Å². The molecule has 0 aliphatic carbocycles. The predicted molar refractivity (Wildman–Crippen MR) is 59.3 cm³/mol. The molecule has 0 N–H and O–H groups in total. The summed E-state index contributed by atoms with van der Waals surface area (Å²) in [5.41, 5.74) is 2.62. The maximum Gasteiger partial charge on any atom is 0.0361 e. The van der Waals surface area contributed by atoms with E-state index in [1.54, 1.807) is 0 Å². The van der Waals surface area contributed by atoms with Crippen LogP contribution in [0.2, 0.25) is 0 Å². The van der Waals surface area contributed by atoms with Gasteiger partial charge in [-0.25, -0.2) is 0 Å². The third-order valence-corrected chi connectivity index (χ3v) is 2.04. The van der Waals surface area contributed by atoms with Crippen LogP contribution in [0.4, 0.5) is 5.69 Å². The second kappa shape index (κ2) is 4.70. The first-order chi connectivity index (χ1) is 6.24. The molecule has 1 rings (SSSR count). The summed E-state index contributed by atoms with van der Waals surface area (Å²) in [6.45, 7) is 2.05. The molecule has 0 radical (unpaired) electrons. The van der Waals surface area contributed by atoms with Gasteiger partial charge in [-0.15, -0.1) is 0 Å². The average Bonchev–Trinajstić information content (AvgIpc) is 2.15. The summed E-state index contributed by atoms with van der Waals surface area (Å²) < 4.78 is 0. The Morgan fingerprint density at radius 3 is 2.23 bits per heavy atom. The van der Waals surface area contributed by atoms with Crippen molar-refractivity contribution in [3.8, 4) is 0 Å². The maximum atomic E-state index is 2.18. The van der Waals surface area contributed by atoms with Gasteiger partial charge in [0.15, 0.2) is 0 Å². The summed E-state index contributed by atoms with van der Waals surface area (Å²) >= 11 is 0. The van der Waals surface area contributed by atoms with Gasteiger partial charge >= 0.3 is 0 Å². The summed E-state index contributed by atoms with van der Waals surface area (Å²) in [7, 11) is 4.11. The van der Waals surface area contributed by atoms with Gasteiger partial charge < -0.3 is 4.90 Å². The monoisotopic (exact) mass is 175 g/mol. The summed E-state index contributed by atoms with van der Waals surface area (Å²) in [4.78, 5) is 2.11. The fourth-order valence-corrected chi connectivity index (χ4v) is 1.18. The molecule has 1 aromatic carbocycles. The molecule has 1 aromatic rings. The fraction of sp³-hybridized carbons (Fsp3) is 0.333. The lowest BCUT2D eigenvalue weighted by atomic mass is 10.1. The molecule has 0 bridgehead atoms. The third-order valence-electron chi connectivity index (χ3n) is 2.04. The van der Waals surface area contributed by atoms with Gasteiger partial charge in [0.2, 0.25) is 0 Å². The van der Waals surface area contributed by atoms with Crippen molar-refractivity contribution in [1.29, 1.82) is 0 Å². The molecular weight excluding hydrogens is 158 g/mol.